The number of nitrogens with two attached hydrogens (primary N) is 1. The van der Waals surface area contributed by atoms with Gasteiger partial charge in [0.25, 0.3) is 0 Å². The largest absolute Gasteiger partial charge is 0.466 e. The lowest BCUT2D eigenvalue weighted by molar-refractivity contribution is -0.125. The molecule has 0 fully saturated rings. The maximum Gasteiger partial charge on any atom is 0.223 e. The summed E-state index contributed by atoms with van der Waals surface area (Å²) in [6.07, 6.45) is 3.62. The van der Waals surface area contributed by atoms with Crippen LogP contribution >= 0.6 is 0 Å². The van der Waals surface area contributed by atoms with Gasteiger partial charge in [0, 0.05) is 17.9 Å². The van der Waals surface area contributed by atoms with Crippen molar-refractivity contribution in [2.75, 3.05) is 6.54 Å². The number of rotatable bonds is 5. The molecule has 1 aromatic rings. The summed E-state index contributed by atoms with van der Waals surface area (Å²) in [4.78, 5) is 12.4. The van der Waals surface area contributed by atoms with Gasteiger partial charge < -0.3 is 15.5 Å². The van der Waals surface area contributed by atoms with E-state index in [4.69, 9.17) is 10.2 Å². The molecule has 0 bridgehead atoms. The molecule has 0 spiro atoms. The van der Waals surface area contributed by atoms with E-state index in [-0.39, 0.29) is 23.3 Å². The minimum Gasteiger partial charge on any atom is -0.466 e. The highest BCUT2D eigenvalue weighted by Gasteiger charge is 2.35. The van der Waals surface area contributed by atoms with Gasteiger partial charge in [-0.1, -0.05) is 20.8 Å². The van der Waals surface area contributed by atoms with Gasteiger partial charge in [-0.2, -0.15) is 0 Å². The average molecular weight is 292 g/mol. The number of carbonyl (C=O) groups excluding carboxylic acids is 1. The van der Waals surface area contributed by atoms with Crippen molar-refractivity contribution in [1.29, 1.82) is 0 Å². The van der Waals surface area contributed by atoms with E-state index >= 15 is 0 Å². The molecule has 118 valence electrons. The van der Waals surface area contributed by atoms with Crippen molar-refractivity contribution in [3.05, 3.63) is 23.2 Å². The first-order valence-corrected chi connectivity index (χ1v) is 7.92. The maximum atomic E-state index is 12.4. The van der Waals surface area contributed by atoms with Gasteiger partial charge >= 0.3 is 0 Å². The van der Waals surface area contributed by atoms with E-state index < -0.39 is 0 Å². The number of amides is 1. The van der Waals surface area contributed by atoms with Crippen molar-refractivity contribution in [3.63, 3.8) is 0 Å². The SMILES string of the molecule is Cc1cc2c(o1)CC(C)(C)CC2NC(=O)C(C)CCCN. The zero-order valence-corrected chi connectivity index (χ0v) is 13.7. The lowest BCUT2D eigenvalue weighted by Crippen LogP contribution is -2.38. The van der Waals surface area contributed by atoms with E-state index in [2.05, 4.69) is 25.2 Å². The Hall–Kier alpha value is -1.29. The molecule has 2 unspecified atom stereocenters. The predicted octanol–water partition coefficient (Wildman–Crippen LogP) is 3.09. The number of nitrogens with one attached hydrogen (secondary N) is 1. The Morgan fingerprint density at radius 2 is 2.29 bits per heavy atom. The fourth-order valence-corrected chi connectivity index (χ4v) is 3.18. The van der Waals surface area contributed by atoms with Crippen LogP contribution in [0.25, 0.3) is 0 Å². The normalized spacial score (nSPS) is 21.7. The standard InChI is InChI=1S/C17H28N2O2/c1-11(6-5-7-18)16(20)19-14-9-17(3,4)10-15-13(14)8-12(2)21-15/h8,11,14H,5-7,9-10,18H2,1-4H3,(H,19,20). The molecular formula is C17H28N2O2. The van der Waals surface area contributed by atoms with Crippen LogP contribution in [0.4, 0.5) is 0 Å². The quantitative estimate of drug-likeness (QED) is 0.876. The average Bonchev–Trinajstić information content (AvgIpc) is 2.74. The molecule has 1 aliphatic carbocycles. The molecule has 1 aromatic heterocycles. The first-order chi connectivity index (χ1) is 9.82. The molecule has 3 N–H and O–H groups in total. The van der Waals surface area contributed by atoms with E-state index in [0.717, 1.165) is 42.8 Å². The van der Waals surface area contributed by atoms with Crippen LogP contribution in [0.5, 0.6) is 0 Å². The monoisotopic (exact) mass is 292 g/mol. The molecule has 0 radical (unpaired) electrons. The summed E-state index contributed by atoms with van der Waals surface area (Å²) in [5.41, 5.74) is 6.83. The number of carbonyl (C=O) groups is 1. The molecule has 0 aromatic carbocycles. The summed E-state index contributed by atoms with van der Waals surface area (Å²) < 4.78 is 5.81. The molecular weight excluding hydrogens is 264 g/mol. The van der Waals surface area contributed by atoms with Crippen LogP contribution in [0, 0.1) is 18.3 Å². The second kappa shape index (κ2) is 6.22. The number of aryl methyl sites for hydroxylation is 1. The Balaban J connectivity index is 2.10. The highest BCUT2D eigenvalue weighted by molar-refractivity contribution is 5.78. The van der Waals surface area contributed by atoms with Crippen molar-refractivity contribution in [1.82, 2.24) is 5.32 Å². The number of fused-ring (bicyclic) bond motifs is 1. The predicted molar refractivity (Wildman–Crippen MR) is 83.9 cm³/mol. The van der Waals surface area contributed by atoms with Crippen LogP contribution in [0.2, 0.25) is 0 Å². The first-order valence-electron chi connectivity index (χ1n) is 7.92. The maximum absolute atomic E-state index is 12.4. The van der Waals surface area contributed by atoms with Crippen molar-refractivity contribution < 1.29 is 9.21 Å². The third-order valence-corrected chi connectivity index (χ3v) is 4.34. The summed E-state index contributed by atoms with van der Waals surface area (Å²) in [6, 6.07) is 2.13. The van der Waals surface area contributed by atoms with Crippen LogP contribution in [-0.2, 0) is 11.2 Å². The highest BCUT2D eigenvalue weighted by atomic mass is 16.3. The summed E-state index contributed by atoms with van der Waals surface area (Å²) >= 11 is 0. The highest BCUT2D eigenvalue weighted by Crippen LogP contribution is 2.42. The zero-order valence-electron chi connectivity index (χ0n) is 13.7. The van der Waals surface area contributed by atoms with Gasteiger partial charge in [-0.25, -0.2) is 0 Å². The smallest absolute Gasteiger partial charge is 0.223 e. The topological polar surface area (TPSA) is 68.3 Å². The minimum absolute atomic E-state index is 0.00929. The Morgan fingerprint density at radius 1 is 1.57 bits per heavy atom. The van der Waals surface area contributed by atoms with E-state index in [0.29, 0.717) is 6.54 Å². The Bertz CT molecular complexity index is 505. The van der Waals surface area contributed by atoms with Gasteiger partial charge in [-0.3, -0.25) is 4.79 Å². The van der Waals surface area contributed by atoms with Crippen LogP contribution in [-0.4, -0.2) is 12.5 Å². The first kappa shape index (κ1) is 16.1. The summed E-state index contributed by atoms with van der Waals surface area (Å²) in [5, 5.41) is 3.21. The Kier molecular flexibility index (Phi) is 4.77. The Labute approximate surface area is 127 Å². The molecule has 0 saturated heterocycles. The van der Waals surface area contributed by atoms with Crippen molar-refractivity contribution in [2.24, 2.45) is 17.1 Å². The molecule has 1 amide bonds. The van der Waals surface area contributed by atoms with Crippen LogP contribution in [0.1, 0.15) is 63.2 Å². The molecule has 2 rings (SSSR count). The molecule has 2 atom stereocenters. The lowest BCUT2D eigenvalue weighted by atomic mass is 9.74. The zero-order chi connectivity index (χ0) is 15.6. The van der Waals surface area contributed by atoms with E-state index in [1.54, 1.807) is 0 Å². The number of furan rings is 1. The van der Waals surface area contributed by atoms with Gasteiger partial charge in [-0.05, 0) is 44.2 Å². The van der Waals surface area contributed by atoms with Crippen LogP contribution in [0.15, 0.2) is 10.5 Å². The van der Waals surface area contributed by atoms with E-state index in [1.807, 2.05) is 13.8 Å². The molecule has 1 heterocycles. The summed E-state index contributed by atoms with van der Waals surface area (Å²) in [5.74, 6) is 2.09. The third-order valence-electron chi connectivity index (χ3n) is 4.34. The van der Waals surface area contributed by atoms with Gasteiger partial charge in [0.05, 0.1) is 6.04 Å². The van der Waals surface area contributed by atoms with Crippen molar-refractivity contribution in [2.45, 2.75) is 59.4 Å². The lowest BCUT2D eigenvalue weighted by Gasteiger charge is -2.35. The fraction of sp³-hybridized carbons (Fsp3) is 0.706. The summed E-state index contributed by atoms with van der Waals surface area (Å²) in [6.45, 7) is 9.03. The van der Waals surface area contributed by atoms with Gasteiger partial charge in [0.1, 0.15) is 11.5 Å². The number of hydrogen-bond donors (Lipinski definition) is 2. The van der Waals surface area contributed by atoms with Gasteiger partial charge in [0.15, 0.2) is 0 Å². The van der Waals surface area contributed by atoms with Crippen molar-refractivity contribution >= 4 is 5.91 Å². The molecule has 21 heavy (non-hydrogen) atoms. The van der Waals surface area contributed by atoms with E-state index in [1.165, 1.54) is 0 Å². The second-order valence-electron chi connectivity index (χ2n) is 7.17. The van der Waals surface area contributed by atoms with Crippen molar-refractivity contribution in [3.8, 4) is 0 Å². The van der Waals surface area contributed by atoms with Gasteiger partial charge in [0.2, 0.25) is 5.91 Å². The molecule has 4 nitrogen and oxygen atoms in total. The molecule has 0 saturated carbocycles. The fourth-order valence-electron chi connectivity index (χ4n) is 3.18. The minimum atomic E-state index is 0.00929. The van der Waals surface area contributed by atoms with Crippen LogP contribution < -0.4 is 11.1 Å². The molecule has 0 aliphatic heterocycles. The third kappa shape index (κ3) is 3.88. The Morgan fingerprint density at radius 3 is 2.95 bits per heavy atom. The molecule has 1 aliphatic rings. The van der Waals surface area contributed by atoms with E-state index in [9.17, 15) is 4.79 Å². The van der Waals surface area contributed by atoms with Gasteiger partial charge in [-0.15, -0.1) is 0 Å². The van der Waals surface area contributed by atoms with Crippen LogP contribution in [0.3, 0.4) is 0 Å². The molecule has 4 heteroatoms. The second-order valence-corrected chi connectivity index (χ2v) is 7.17. The summed E-state index contributed by atoms with van der Waals surface area (Å²) in [7, 11) is 0. The number of hydrogen-bond acceptors (Lipinski definition) is 3.